The highest BCUT2D eigenvalue weighted by Gasteiger charge is 2.30. The minimum absolute atomic E-state index is 0.179. The Labute approximate surface area is 219 Å². The van der Waals surface area contributed by atoms with Crippen LogP contribution in [0.3, 0.4) is 0 Å². The number of nitrogens with zero attached hydrogens (tertiary/aromatic N) is 2. The molecule has 5 rings (SSSR count). The van der Waals surface area contributed by atoms with Crippen LogP contribution >= 0.6 is 0 Å². The standard InChI is InChI=1S/C29H31F3N4O2/c30-29(31,32)22-6-8-23(9-7-22)35-26(37)5-1-2-14-36-15-11-20(12-16-36)25-19-34-28-27(25)21(10-13-33-28)18-24-4-3-17-38-24/h3-4,6-10,13,17,19-20H,1-2,5,11-12,14-16,18H2,(H,33,34)(H,35,37). The second-order valence-corrected chi connectivity index (χ2v) is 9.89. The monoisotopic (exact) mass is 524 g/mol. The van der Waals surface area contributed by atoms with Crippen molar-refractivity contribution >= 4 is 22.6 Å². The Bertz CT molecular complexity index is 1340. The fourth-order valence-corrected chi connectivity index (χ4v) is 5.28. The number of likely N-dealkylation sites (tertiary alicyclic amines) is 1. The number of carbonyl (C=O) groups is 1. The van der Waals surface area contributed by atoms with Gasteiger partial charge in [0.2, 0.25) is 5.91 Å². The number of pyridine rings is 1. The number of benzene rings is 1. The van der Waals surface area contributed by atoms with E-state index in [9.17, 15) is 18.0 Å². The summed E-state index contributed by atoms with van der Waals surface area (Å²) in [6.45, 7) is 2.94. The number of hydrogen-bond donors (Lipinski definition) is 2. The summed E-state index contributed by atoms with van der Waals surface area (Å²) in [6, 6.07) is 10.5. The van der Waals surface area contributed by atoms with Crippen LogP contribution in [0.1, 0.15) is 60.5 Å². The topological polar surface area (TPSA) is 74.2 Å². The number of aromatic nitrogens is 2. The number of carbonyl (C=O) groups excluding carboxylic acids is 1. The molecule has 38 heavy (non-hydrogen) atoms. The van der Waals surface area contributed by atoms with Gasteiger partial charge in [0.1, 0.15) is 11.4 Å². The number of hydrogen-bond acceptors (Lipinski definition) is 4. The molecule has 200 valence electrons. The Morgan fingerprint density at radius 2 is 1.89 bits per heavy atom. The van der Waals surface area contributed by atoms with Gasteiger partial charge in [0.05, 0.1) is 11.8 Å². The van der Waals surface area contributed by atoms with Gasteiger partial charge in [-0.05, 0) is 105 Å². The van der Waals surface area contributed by atoms with Crippen molar-refractivity contribution in [2.45, 2.75) is 50.6 Å². The Morgan fingerprint density at radius 3 is 2.61 bits per heavy atom. The molecular formula is C29H31F3N4O2. The molecule has 4 aromatic rings. The molecule has 0 radical (unpaired) electrons. The van der Waals surface area contributed by atoms with Crippen molar-refractivity contribution < 1.29 is 22.4 Å². The average molecular weight is 525 g/mol. The Kier molecular flexibility index (Phi) is 7.83. The van der Waals surface area contributed by atoms with Crippen molar-refractivity contribution in [3.8, 4) is 0 Å². The Balaban J connectivity index is 1.07. The van der Waals surface area contributed by atoms with Crippen molar-refractivity contribution in [2.24, 2.45) is 0 Å². The summed E-state index contributed by atoms with van der Waals surface area (Å²) in [4.78, 5) is 22.5. The summed E-state index contributed by atoms with van der Waals surface area (Å²) in [7, 11) is 0. The van der Waals surface area contributed by atoms with Gasteiger partial charge < -0.3 is 19.6 Å². The minimum atomic E-state index is -4.38. The van der Waals surface area contributed by atoms with E-state index < -0.39 is 11.7 Å². The highest BCUT2D eigenvalue weighted by atomic mass is 19.4. The van der Waals surface area contributed by atoms with Gasteiger partial charge in [-0.2, -0.15) is 13.2 Å². The molecular weight excluding hydrogens is 493 g/mol. The zero-order chi connectivity index (χ0) is 26.5. The third-order valence-electron chi connectivity index (χ3n) is 7.29. The summed E-state index contributed by atoms with van der Waals surface area (Å²) in [6.07, 6.45) is 6.12. The molecule has 0 bridgehead atoms. The number of furan rings is 1. The zero-order valence-electron chi connectivity index (χ0n) is 21.1. The van der Waals surface area contributed by atoms with Gasteiger partial charge in [-0.15, -0.1) is 0 Å². The molecule has 1 aliphatic rings. The lowest BCUT2D eigenvalue weighted by atomic mass is 9.88. The highest BCUT2D eigenvalue weighted by molar-refractivity contribution is 5.90. The Hall–Kier alpha value is -3.59. The molecule has 3 aromatic heterocycles. The maximum atomic E-state index is 12.7. The number of amides is 1. The maximum absolute atomic E-state index is 12.7. The fourth-order valence-electron chi connectivity index (χ4n) is 5.28. The Morgan fingerprint density at radius 1 is 1.11 bits per heavy atom. The number of H-pyrrole nitrogens is 1. The predicted octanol–water partition coefficient (Wildman–Crippen LogP) is 6.75. The first-order valence-corrected chi connectivity index (χ1v) is 13.0. The van der Waals surface area contributed by atoms with E-state index in [4.69, 9.17) is 4.42 Å². The molecule has 1 fully saturated rings. The quantitative estimate of drug-likeness (QED) is 0.238. The normalized spacial score (nSPS) is 15.2. The van der Waals surface area contributed by atoms with E-state index in [0.717, 1.165) is 75.3 Å². The summed E-state index contributed by atoms with van der Waals surface area (Å²) >= 11 is 0. The van der Waals surface area contributed by atoms with Gasteiger partial charge in [0.15, 0.2) is 0 Å². The van der Waals surface area contributed by atoms with E-state index >= 15 is 0 Å². The predicted molar refractivity (Wildman–Crippen MR) is 140 cm³/mol. The molecule has 9 heteroatoms. The average Bonchev–Trinajstić information content (AvgIpc) is 3.57. The molecule has 6 nitrogen and oxygen atoms in total. The number of aromatic amines is 1. The van der Waals surface area contributed by atoms with E-state index in [0.29, 0.717) is 18.0 Å². The first-order chi connectivity index (χ1) is 18.4. The SMILES string of the molecule is O=C(CCCCN1CCC(c2c[nH]c3nccc(Cc4ccco4)c23)CC1)Nc1ccc(C(F)(F)F)cc1. The van der Waals surface area contributed by atoms with E-state index in [-0.39, 0.29) is 5.91 Å². The number of rotatable bonds is 9. The minimum Gasteiger partial charge on any atom is -0.469 e. The molecule has 1 aromatic carbocycles. The number of alkyl halides is 3. The lowest BCUT2D eigenvalue weighted by molar-refractivity contribution is -0.137. The molecule has 1 saturated heterocycles. The molecule has 0 spiro atoms. The van der Waals surface area contributed by atoms with Gasteiger partial charge >= 0.3 is 6.18 Å². The first kappa shape index (κ1) is 26.0. The number of halogens is 3. The van der Waals surface area contributed by atoms with Crippen LogP contribution in [-0.2, 0) is 17.4 Å². The van der Waals surface area contributed by atoms with Gasteiger partial charge in [-0.25, -0.2) is 4.98 Å². The summed E-state index contributed by atoms with van der Waals surface area (Å²) in [5.74, 6) is 1.23. The van der Waals surface area contributed by atoms with Crippen molar-refractivity contribution in [3.63, 3.8) is 0 Å². The molecule has 1 aliphatic heterocycles. The van der Waals surface area contributed by atoms with Crippen LogP contribution < -0.4 is 5.32 Å². The number of piperidine rings is 1. The van der Waals surface area contributed by atoms with Crippen LogP contribution in [0.4, 0.5) is 18.9 Å². The van der Waals surface area contributed by atoms with Crippen molar-refractivity contribution in [3.05, 3.63) is 83.6 Å². The number of unbranched alkanes of at least 4 members (excludes halogenated alkanes) is 1. The van der Waals surface area contributed by atoms with Crippen molar-refractivity contribution in [1.29, 1.82) is 0 Å². The van der Waals surface area contributed by atoms with Gasteiger partial charge in [0, 0.05) is 36.3 Å². The molecule has 2 N–H and O–H groups in total. The second kappa shape index (κ2) is 11.4. The van der Waals surface area contributed by atoms with Crippen LogP contribution in [0, 0.1) is 0 Å². The number of nitrogens with one attached hydrogen (secondary N) is 2. The van der Waals surface area contributed by atoms with Crippen LogP contribution in [0.25, 0.3) is 11.0 Å². The number of fused-ring (bicyclic) bond motifs is 1. The van der Waals surface area contributed by atoms with Gasteiger partial charge in [-0.1, -0.05) is 0 Å². The lowest BCUT2D eigenvalue weighted by Crippen LogP contribution is -2.33. The van der Waals surface area contributed by atoms with Crippen molar-refractivity contribution in [1.82, 2.24) is 14.9 Å². The third-order valence-corrected chi connectivity index (χ3v) is 7.29. The lowest BCUT2D eigenvalue weighted by Gasteiger charge is -2.32. The molecule has 0 saturated carbocycles. The highest BCUT2D eigenvalue weighted by Crippen LogP contribution is 2.35. The largest absolute Gasteiger partial charge is 0.469 e. The fraction of sp³-hybridized carbons (Fsp3) is 0.379. The molecule has 0 atom stereocenters. The zero-order valence-corrected chi connectivity index (χ0v) is 21.1. The summed E-state index contributed by atoms with van der Waals surface area (Å²) in [5, 5.41) is 3.89. The molecule has 0 unspecified atom stereocenters. The van der Waals surface area contributed by atoms with E-state index in [1.807, 2.05) is 18.3 Å². The smallest absolute Gasteiger partial charge is 0.416 e. The van der Waals surface area contributed by atoms with Crippen LogP contribution in [0.15, 0.2) is 65.5 Å². The van der Waals surface area contributed by atoms with Gasteiger partial charge in [0.25, 0.3) is 0 Å². The van der Waals surface area contributed by atoms with E-state index in [1.165, 1.54) is 28.6 Å². The molecule has 1 amide bonds. The van der Waals surface area contributed by atoms with E-state index in [1.54, 1.807) is 6.26 Å². The van der Waals surface area contributed by atoms with Crippen LogP contribution in [0.2, 0.25) is 0 Å². The summed E-state index contributed by atoms with van der Waals surface area (Å²) < 4.78 is 43.6. The number of anilines is 1. The van der Waals surface area contributed by atoms with Crippen LogP contribution in [0.5, 0.6) is 0 Å². The third kappa shape index (κ3) is 6.27. The second-order valence-electron chi connectivity index (χ2n) is 9.89. The van der Waals surface area contributed by atoms with E-state index in [2.05, 4.69) is 32.4 Å². The first-order valence-electron chi connectivity index (χ1n) is 13.0. The maximum Gasteiger partial charge on any atom is 0.416 e. The molecule has 0 aliphatic carbocycles. The van der Waals surface area contributed by atoms with Gasteiger partial charge in [-0.3, -0.25) is 4.79 Å². The summed E-state index contributed by atoms with van der Waals surface area (Å²) in [5.41, 5.74) is 3.12. The van der Waals surface area contributed by atoms with Crippen molar-refractivity contribution in [2.75, 3.05) is 25.0 Å². The van der Waals surface area contributed by atoms with Crippen LogP contribution in [-0.4, -0.2) is 40.4 Å². The molecule has 4 heterocycles.